The van der Waals surface area contributed by atoms with E-state index in [9.17, 15) is 5.11 Å². The minimum atomic E-state index is 0.235. The third kappa shape index (κ3) is 3.81. The van der Waals surface area contributed by atoms with Crippen LogP contribution in [0.1, 0.15) is 50.2 Å². The number of hydrogen-bond acceptors (Lipinski definition) is 4. The Kier molecular flexibility index (Phi) is 5.44. The number of nitrogens with one attached hydrogen (secondary N) is 1. The average molecular weight is 319 g/mol. The molecule has 2 aliphatic rings. The number of fused-ring (bicyclic) bond motifs is 1. The molecule has 3 unspecified atom stereocenters. The van der Waals surface area contributed by atoms with E-state index in [0.29, 0.717) is 12.0 Å². The zero-order valence-corrected chi connectivity index (χ0v) is 14.3. The van der Waals surface area contributed by atoms with E-state index in [1.807, 2.05) is 0 Å². The van der Waals surface area contributed by atoms with E-state index >= 15 is 0 Å². The molecule has 1 aliphatic heterocycles. The Morgan fingerprint density at radius 3 is 2.87 bits per heavy atom. The van der Waals surface area contributed by atoms with Gasteiger partial charge in [0.1, 0.15) is 17.6 Å². The molecule has 2 N–H and O–H groups in total. The van der Waals surface area contributed by atoms with Gasteiger partial charge in [-0.3, -0.25) is 0 Å². The van der Waals surface area contributed by atoms with Crippen LogP contribution in [0.5, 0.6) is 11.5 Å². The van der Waals surface area contributed by atoms with Crippen LogP contribution in [0.3, 0.4) is 0 Å². The van der Waals surface area contributed by atoms with E-state index in [0.717, 1.165) is 37.3 Å². The van der Waals surface area contributed by atoms with Gasteiger partial charge in [0.25, 0.3) is 0 Å². The van der Waals surface area contributed by atoms with Gasteiger partial charge in [0, 0.05) is 36.7 Å². The summed E-state index contributed by atoms with van der Waals surface area (Å²) in [6.07, 6.45) is 7.22. The second-order valence-electron chi connectivity index (χ2n) is 6.98. The van der Waals surface area contributed by atoms with Gasteiger partial charge in [-0.15, -0.1) is 0 Å². The molecule has 3 atom stereocenters. The fourth-order valence-electron chi connectivity index (χ4n) is 3.94. The first-order valence-electron chi connectivity index (χ1n) is 8.92. The van der Waals surface area contributed by atoms with Gasteiger partial charge in [-0.2, -0.15) is 0 Å². The lowest BCUT2D eigenvalue weighted by Crippen LogP contribution is -2.37. The molecule has 128 valence electrons. The van der Waals surface area contributed by atoms with E-state index in [-0.39, 0.29) is 12.7 Å². The number of aliphatic hydroxyl groups is 1. The van der Waals surface area contributed by atoms with Crippen LogP contribution in [0, 0.1) is 5.92 Å². The standard InChI is InChI=1S/C19H29NO3/c1-13-8-15-9-17(22-2)10-16(19(15)23-13)11-20-18-7-5-3-4-6-14(18)12-21/h9-10,13-14,18,20-21H,3-8,11-12H2,1-2H3. The second-order valence-corrected chi connectivity index (χ2v) is 6.98. The van der Waals surface area contributed by atoms with Crippen LogP contribution in [0.4, 0.5) is 0 Å². The van der Waals surface area contributed by atoms with Gasteiger partial charge in [-0.05, 0) is 37.8 Å². The maximum absolute atomic E-state index is 9.67. The van der Waals surface area contributed by atoms with Crippen LogP contribution in [0.2, 0.25) is 0 Å². The Balaban J connectivity index is 1.73. The summed E-state index contributed by atoms with van der Waals surface area (Å²) in [6, 6.07) is 4.56. The van der Waals surface area contributed by atoms with Crippen molar-refractivity contribution in [3.05, 3.63) is 23.3 Å². The molecule has 3 rings (SSSR count). The van der Waals surface area contributed by atoms with Crippen molar-refractivity contribution in [3.8, 4) is 11.5 Å². The van der Waals surface area contributed by atoms with Crippen LogP contribution in [0.25, 0.3) is 0 Å². The van der Waals surface area contributed by atoms with E-state index in [1.54, 1.807) is 7.11 Å². The molecular weight excluding hydrogens is 290 g/mol. The van der Waals surface area contributed by atoms with Crippen molar-refractivity contribution in [1.29, 1.82) is 0 Å². The average Bonchev–Trinajstić information content (AvgIpc) is 2.79. The Bertz CT molecular complexity index is 532. The van der Waals surface area contributed by atoms with Crippen LogP contribution < -0.4 is 14.8 Å². The summed E-state index contributed by atoms with van der Waals surface area (Å²) in [4.78, 5) is 0. The number of hydrogen-bond donors (Lipinski definition) is 2. The molecule has 0 spiro atoms. The SMILES string of the molecule is COc1cc(CNC2CCCCCC2CO)c2c(c1)CC(C)O2. The molecule has 0 radical (unpaired) electrons. The molecule has 1 fully saturated rings. The predicted octanol–water partition coefficient (Wildman–Crippen LogP) is 3.05. The monoisotopic (exact) mass is 319 g/mol. The molecule has 1 aromatic rings. The maximum Gasteiger partial charge on any atom is 0.127 e. The fraction of sp³-hybridized carbons (Fsp3) is 0.684. The molecule has 1 saturated carbocycles. The van der Waals surface area contributed by atoms with Gasteiger partial charge < -0.3 is 19.9 Å². The third-order valence-corrected chi connectivity index (χ3v) is 5.23. The van der Waals surface area contributed by atoms with Crippen molar-refractivity contribution >= 4 is 0 Å². The zero-order valence-electron chi connectivity index (χ0n) is 14.3. The van der Waals surface area contributed by atoms with Gasteiger partial charge >= 0.3 is 0 Å². The van der Waals surface area contributed by atoms with E-state index in [4.69, 9.17) is 9.47 Å². The first kappa shape index (κ1) is 16.6. The highest BCUT2D eigenvalue weighted by atomic mass is 16.5. The quantitative estimate of drug-likeness (QED) is 0.819. The minimum absolute atomic E-state index is 0.235. The molecule has 4 heteroatoms. The highest BCUT2D eigenvalue weighted by Crippen LogP contribution is 2.36. The number of benzene rings is 1. The highest BCUT2D eigenvalue weighted by Gasteiger charge is 2.26. The first-order chi connectivity index (χ1) is 11.2. The smallest absolute Gasteiger partial charge is 0.127 e. The first-order valence-corrected chi connectivity index (χ1v) is 8.92. The molecule has 23 heavy (non-hydrogen) atoms. The molecule has 1 aliphatic carbocycles. The van der Waals surface area contributed by atoms with Gasteiger partial charge in [-0.25, -0.2) is 0 Å². The predicted molar refractivity (Wildman–Crippen MR) is 91.1 cm³/mol. The Morgan fingerprint density at radius 2 is 2.09 bits per heavy atom. The topological polar surface area (TPSA) is 50.7 Å². The van der Waals surface area contributed by atoms with E-state index < -0.39 is 0 Å². The van der Waals surface area contributed by atoms with Crippen molar-refractivity contribution in [3.63, 3.8) is 0 Å². The van der Waals surface area contributed by atoms with Crippen LogP contribution in [-0.4, -0.2) is 31.0 Å². The molecule has 0 bridgehead atoms. The third-order valence-electron chi connectivity index (χ3n) is 5.23. The Labute approximate surface area is 139 Å². The fourth-order valence-corrected chi connectivity index (χ4v) is 3.94. The van der Waals surface area contributed by atoms with E-state index in [1.165, 1.54) is 30.4 Å². The summed E-state index contributed by atoms with van der Waals surface area (Å²) in [5.74, 6) is 2.30. The molecule has 4 nitrogen and oxygen atoms in total. The van der Waals surface area contributed by atoms with Crippen molar-refractivity contribution < 1.29 is 14.6 Å². The maximum atomic E-state index is 9.67. The molecular formula is C19H29NO3. The zero-order chi connectivity index (χ0) is 16.2. The number of aliphatic hydroxyl groups excluding tert-OH is 1. The van der Waals surface area contributed by atoms with Gasteiger partial charge in [0.2, 0.25) is 0 Å². The summed E-state index contributed by atoms with van der Waals surface area (Å²) >= 11 is 0. The normalized spacial score (nSPS) is 27.2. The summed E-state index contributed by atoms with van der Waals surface area (Å²) < 4.78 is 11.5. The number of ether oxygens (including phenoxy) is 2. The summed E-state index contributed by atoms with van der Waals surface area (Å²) in [5, 5.41) is 13.3. The molecule has 1 heterocycles. The van der Waals surface area contributed by atoms with Crippen molar-refractivity contribution in [1.82, 2.24) is 5.32 Å². The van der Waals surface area contributed by atoms with Crippen molar-refractivity contribution in [2.75, 3.05) is 13.7 Å². The lowest BCUT2D eigenvalue weighted by molar-refractivity contribution is 0.180. The van der Waals surface area contributed by atoms with Crippen molar-refractivity contribution in [2.24, 2.45) is 5.92 Å². The largest absolute Gasteiger partial charge is 0.497 e. The van der Waals surface area contributed by atoms with Crippen molar-refractivity contribution in [2.45, 2.75) is 64.1 Å². The summed E-state index contributed by atoms with van der Waals surface area (Å²) in [5.41, 5.74) is 2.41. The van der Waals surface area contributed by atoms with Gasteiger partial charge in [-0.1, -0.05) is 19.3 Å². The van der Waals surface area contributed by atoms with E-state index in [2.05, 4.69) is 24.4 Å². The molecule has 1 aromatic carbocycles. The summed E-state index contributed by atoms with van der Waals surface area (Å²) in [6.45, 7) is 3.16. The lowest BCUT2D eigenvalue weighted by atomic mass is 9.95. The van der Waals surface area contributed by atoms with Gasteiger partial charge in [0.05, 0.1) is 7.11 Å². The highest BCUT2D eigenvalue weighted by molar-refractivity contribution is 5.49. The number of rotatable bonds is 5. The van der Waals surface area contributed by atoms with Crippen LogP contribution >= 0.6 is 0 Å². The molecule has 0 saturated heterocycles. The second kappa shape index (κ2) is 7.54. The minimum Gasteiger partial charge on any atom is -0.497 e. The Hall–Kier alpha value is -1.26. The number of methoxy groups -OCH3 is 1. The van der Waals surface area contributed by atoms with Crippen LogP contribution in [-0.2, 0) is 13.0 Å². The molecule has 0 aromatic heterocycles. The summed E-state index contributed by atoms with van der Waals surface area (Å²) in [7, 11) is 1.71. The van der Waals surface area contributed by atoms with Gasteiger partial charge in [0.15, 0.2) is 0 Å². The molecule has 0 amide bonds. The Morgan fingerprint density at radius 1 is 1.26 bits per heavy atom. The lowest BCUT2D eigenvalue weighted by Gasteiger charge is -2.25. The van der Waals surface area contributed by atoms with Crippen LogP contribution in [0.15, 0.2) is 12.1 Å².